The van der Waals surface area contributed by atoms with Crippen molar-refractivity contribution in [3.05, 3.63) is 66.4 Å². The van der Waals surface area contributed by atoms with E-state index in [0.717, 1.165) is 22.2 Å². The van der Waals surface area contributed by atoms with E-state index >= 15 is 0 Å². The lowest BCUT2D eigenvalue weighted by atomic mass is 10.0. The molecular formula is C19H14Cl3NO3. The van der Waals surface area contributed by atoms with Gasteiger partial charge in [-0.3, -0.25) is 0 Å². The van der Waals surface area contributed by atoms with Crippen molar-refractivity contribution in [2.75, 3.05) is 11.6 Å². The van der Waals surface area contributed by atoms with Crippen molar-refractivity contribution in [3.63, 3.8) is 0 Å². The molecule has 0 bridgehead atoms. The summed E-state index contributed by atoms with van der Waals surface area (Å²) >= 11 is 18.6. The number of anilines is 1. The molecule has 26 heavy (non-hydrogen) atoms. The summed E-state index contributed by atoms with van der Waals surface area (Å²) in [6.07, 6.45) is 0. The summed E-state index contributed by atoms with van der Waals surface area (Å²) in [6.45, 7) is 4.39. The minimum absolute atomic E-state index is 0.297. The Kier molecular flexibility index (Phi) is 4.30. The van der Waals surface area contributed by atoms with E-state index in [1.165, 1.54) is 0 Å². The highest BCUT2D eigenvalue weighted by Crippen LogP contribution is 2.41. The summed E-state index contributed by atoms with van der Waals surface area (Å²) < 4.78 is 11.5. The third-order valence-electron chi connectivity index (χ3n) is 4.73. The first-order valence-corrected chi connectivity index (χ1v) is 9.08. The molecule has 7 heteroatoms. The van der Waals surface area contributed by atoms with Gasteiger partial charge >= 0.3 is 5.63 Å². The van der Waals surface area contributed by atoms with E-state index in [2.05, 4.69) is 0 Å². The molecule has 4 nitrogen and oxygen atoms in total. The van der Waals surface area contributed by atoms with E-state index in [4.69, 9.17) is 44.0 Å². The monoisotopic (exact) mass is 409 g/mol. The Morgan fingerprint density at radius 2 is 1.77 bits per heavy atom. The first kappa shape index (κ1) is 17.5. The van der Waals surface area contributed by atoms with Gasteiger partial charge in [0.05, 0.1) is 27.2 Å². The number of fused-ring (bicyclic) bond motifs is 3. The fourth-order valence-corrected chi connectivity index (χ4v) is 3.68. The number of halogens is 3. The Bertz CT molecular complexity index is 1110. The highest BCUT2D eigenvalue weighted by atomic mass is 35.5. The fraction of sp³-hybridized carbons (Fsp3) is 0.211. The summed E-state index contributed by atoms with van der Waals surface area (Å²) in [5, 5.41) is 2.26. The SMILES string of the molecule is Cc1c(C)c2cc(Cl)c3c(c2oc1=O)CN(c1ccc(Cl)c(Cl)c1)CO3. The van der Waals surface area contributed by atoms with Gasteiger partial charge in [-0.15, -0.1) is 0 Å². The zero-order chi connectivity index (χ0) is 18.6. The van der Waals surface area contributed by atoms with Crippen LogP contribution in [0.2, 0.25) is 15.1 Å². The van der Waals surface area contributed by atoms with E-state index in [1.54, 1.807) is 25.1 Å². The van der Waals surface area contributed by atoms with Crippen molar-refractivity contribution in [1.29, 1.82) is 0 Å². The van der Waals surface area contributed by atoms with Gasteiger partial charge in [-0.25, -0.2) is 4.79 Å². The summed E-state index contributed by atoms with van der Waals surface area (Å²) in [4.78, 5) is 14.1. The predicted octanol–water partition coefficient (Wildman–Crippen LogP) is 5.73. The number of hydrogen-bond donors (Lipinski definition) is 0. The second-order valence-corrected chi connectivity index (χ2v) is 7.47. The molecule has 0 fully saturated rings. The predicted molar refractivity (Wildman–Crippen MR) is 105 cm³/mol. The van der Waals surface area contributed by atoms with Crippen LogP contribution in [0.1, 0.15) is 16.7 Å². The largest absolute Gasteiger partial charge is 0.471 e. The van der Waals surface area contributed by atoms with E-state index in [9.17, 15) is 4.79 Å². The van der Waals surface area contributed by atoms with Gasteiger partial charge in [0.25, 0.3) is 0 Å². The Balaban J connectivity index is 1.88. The molecule has 0 N–H and O–H groups in total. The summed E-state index contributed by atoms with van der Waals surface area (Å²) in [5.74, 6) is 0.543. The molecule has 0 spiro atoms. The van der Waals surface area contributed by atoms with Crippen LogP contribution in [-0.2, 0) is 6.54 Å². The van der Waals surface area contributed by atoms with Crippen LogP contribution in [0.3, 0.4) is 0 Å². The van der Waals surface area contributed by atoms with Gasteiger partial charge in [-0.05, 0) is 43.7 Å². The van der Waals surface area contributed by atoms with Crippen molar-refractivity contribution >= 4 is 51.5 Å². The summed E-state index contributed by atoms with van der Waals surface area (Å²) in [6, 6.07) is 7.16. The van der Waals surface area contributed by atoms with Crippen molar-refractivity contribution in [3.8, 4) is 5.75 Å². The molecule has 134 valence electrons. The van der Waals surface area contributed by atoms with Gasteiger partial charge in [0, 0.05) is 16.6 Å². The standard InChI is InChI=1S/C19H14Cl3NO3/c1-9-10(2)19(24)26-17-12(9)6-16(22)18-13(17)7-23(8-25-18)11-3-4-14(20)15(21)5-11/h3-6H,7-8H2,1-2H3. The molecule has 1 aliphatic rings. The van der Waals surface area contributed by atoms with Crippen LogP contribution in [0.25, 0.3) is 11.0 Å². The van der Waals surface area contributed by atoms with Crippen LogP contribution in [0.4, 0.5) is 5.69 Å². The third-order valence-corrected chi connectivity index (χ3v) is 5.75. The topological polar surface area (TPSA) is 42.7 Å². The van der Waals surface area contributed by atoms with Gasteiger partial charge in [0.1, 0.15) is 11.3 Å². The molecule has 0 aliphatic carbocycles. The lowest BCUT2D eigenvalue weighted by Gasteiger charge is -2.31. The van der Waals surface area contributed by atoms with Crippen LogP contribution in [0.5, 0.6) is 5.75 Å². The molecule has 0 unspecified atom stereocenters. The fourth-order valence-electron chi connectivity index (χ4n) is 3.11. The number of hydrogen-bond acceptors (Lipinski definition) is 4. The van der Waals surface area contributed by atoms with Gasteiger partial charge in [-0.2, -0.15) is 0 Å². The first-order valence-electron chi connectivity index (χ1n) is 7.95. The van der Waals surface area contributed by atoms with Crippen molar-refractivity contribution < 1.29 is 9.15 Å². The van der Waals surface area contributed by atoms with Crippen LogP contribution >= 0.6 is 34.8 Å². The number of nitrogens with zero attached hydrogens (tertiary/aromatic N) is 1. The highest BCUT2D eigenvalue weighted by molar-refractivity contribution is 6.42. The maximum Gasteiger partial charge on any atom is 0.339 e. The lowest BCUT2D eigenvalue weighted by molar-refractivity contribution is 0.289. The van der Waals surface area contributed by atoms with Gasteiger partial charge < -0.3 is 14.1 Å². The van der Waals surface area contributed by atoms with E-state index in [-0.39, 0.29) is 5.63 Å². The molecule has 4 rings (SSSR count). The van der Waals surface area contributed by atoms with Crippen molar-refractivity contribution in [2.24, 2.45) is 0 Å². The van der Waals surface area contributed by atoms with Gasteiger partial charge in [0.15, 0.2) is 6.73 Å². The number of rotatable bonds is 1. The Morgan fingerprint density at radius 1 is 1.00 bits per heavy atom. The molecule has 0 amide bonds. The second kappa shape index (κ2) is 6.38. The minimum atomic E-state index is -0.355. The Morgan fingerprint density at radius 3 is 2.50 bits per heavy atom. The van der Waals surface area contributed by atoms with Crippen molar-refractivity contribution in [1.82, 2.24) is 0 Å². The van der Waals surface area contributed by atoms with Crippen LogP contribution in [-0.4, -0.2) is 6.73 Å². The van der Waals surface area contributed by atoms with E-state index in [0.29, 0.717) is 45.2 Å². The smallest absolute Gasteiger partial charge is 0.339 e. The molecule has 1 aromatic heterocycles. The zero-order valence-corrected chi connectivity index (χ0v) is 16.3. The molecule has 2 aromatic carbocycles. The molecule has 0 saturated carbocycles. The van der Waals surface area contributed by atoms with Crippen LogP contribution < -0.4 is 15.3 Å². The van der Waals surface area contributed by atoms with Gasteiger partial charge in [0.2, 0.25) is 0 Å². The minimum Gasteiger partial charge on any atom is -0.471 e. The molecule has 3 aromatic rings. The quantitative estimate of drug-likeness (QED) is 0.481. The first-order chi connectivity index (χ1) is 12.4. The maximum absolute atomic E-state index is 12.2. The normalized spacial score (nSPS) is 13.7. The third kappa shape index (κ3) is 2.73. The van der Waals surface area contributed by atoms with E-state index in [1.807, 2.05) is 17.9 Å². The Labute approximate surface area is 164 Å². The highest BCUT2D eigenvalue weighted by Gasteiger charge is 2.26. The zero-order valence-electron chi connectivity index (χ0n) is 14.0. The molecule has 2 heterocycles. The second-order valence-electron chi connectivity index (χ2n) is 6.25. The average molecular weight is 411 g/mol. The number of benzene rings is 2. The van der Waals surface area contributed by atoms with Crippen LogP contribution in [0, 0.1) is 13.8 Å². The molecule has 0 radical (unpaired) electrons. The molecule has 0 saturated heterocycles. The summed E-state index contributed by atoms with van der Waals surface area (Å²) in [7, 11) is 0. The maximum atomic E-state index is 12.2. The number of ether oxygens (including phenoxy) is 1. The van der Waals surface area contributed by atoms with E-state index < -0.39 is 0 Å². The number of aryl methyl sites for hydroxylation is 1. The van der Waals surface area contributed by atoms with Gasteiger partial charge in [-0.1, -0.05) is 34.8 Å². The molecular weight excluding hydrogens is 397 g/mol. The van der Waals surface area contributed by atoms with Crippen molar-refractivity contribution in [2.45, 2.75) is 20.4 Å². The molecule has 0 atom stereocenters. The Hall–Kier alpha value is -1.88. The average Bonchev–Trinajstić information content (AvgIpc) is 2.63. The lowest BCUT2D eigenvalue weighted by Crippen LogP contribution is -2.32. The summed E-state index contributed by atoms with van der Waals surface area (Å²) in [5.41, 5.74) is 3.17. The van der Waals surface area contributed by atoms with Crippen LogP contribution in [0.15, 0.2) is 33.5 Å². The molecule has 1 aliphatic heterocycles.